The first kappa shape index (κ1) is 8.97. The number of hydrogen-bond acceptors (Lipinski definition) is 2. The van der Waals surface area contributed by atoms with Crippen LogP contribution in [-0.2, 0) is 0 Å². The fraction of sp³-hybridized carbons (Fsp3) is 0.636. The minimum absolute atomic E-state index is 0.193. The molecule has 0 radical (unpaired) electrons. The molecule has 0 amide bonds. The summed E-state index contributed by atoms with van der Waals surface area (Å²) < 4.78 is 0. The third-order valence-electron chi connectivity index (χ3n) is 3.29. The first-order valence-corrected chi connectivity index (χ1v) is 5.04. The fourth-order valence-corrected chi connectivity index (χ4v) is 2.50. The summed E-state index contributed by atoms with van der Waals surface area (Å²) in [7, 11) is 0. The van der Waals surface area contributed by atoms with Crippen molar-refractivity contribution in [2.24, 2.45) is 11.7 Å². The van der Waals surface area contributed by atoms with Gasteiger partial charge >= 0.3 is 0 Å². The molecule has 0 aliphatic heterocycles. The van der Waals surface area contributed by atoms with E-state index in [0.717, 1.165) is 25.7 Å². The number of aliphatic hydroxyl groups excluding tert-OH is 1. The third kappa shape index (κ3) is 1.56. The number of aliphatic hydroxyl groups is 1. The van der Waals surface area contributed by atoms with E-state index in [1.54, 1.807) is 0 Å². The van der Waals surface area contributed by atoms with Crippen molar-refractivity contribution in [1.29, 1.82) is 0 Å². The van der Waals surface area contributed by atoms with Gasteiger partial charge in [0, 0.05) is 11.5 Å². The summed E-state index contributed by atoms with van der Waals surface area (Å²) in [6.45, 7) is 0. The highest BCUT2D eigenvalue weighted by Crippen LogP contribution is 2.36. The van der Waals surface area contributed by atoms with Gasteiger partial charge in [-0.25, -0.2) is 0 Å². The molecule has 1 fully saturated rings. The Morgan fingerprint density at radius 2 is 2.15 bits per heavy atom. The Hall–Kier alpha value is -0.600. The van der Waals surface area contributed by atoms with Gasteiger partial charge in [-0.05, 0) is 19.3 Å². The Morgan fingerprint density at radius 3 is 2.69 bits per heavy atom. The molecule has 3 N–H and O–H groups in total. The molecule has 3 atom stereocenters. The van der Waals surface area contributed by atoms with Crippen LogP contribution in [0.3, 0.4) is 0 Å². The van der Waals surface area contributed by atoms with E-state index in [0.29, 0.717) is 0 Å². The molecule has 72 valence electrons. The number of rotatable bonds is 1. The first-order chi connectivity index (χ1) is 6.22. The van der Waals surface area contributed by atoms with E-state index >= 15 is 0 Å². The van der Waals surface area contributed by atoms with Crippen LogP contribution in [0.1, 0.15) is 25.7 Å². The van der Waals surface area contributed by atoms with Crippen molar-refractivity contribution in [2.75, 3.05) is 0 Å². The summed E-state index contributed by atoms with van der Waals surface area (Å²) in [6.07, 6.45) is 11.9. The van der Waals surface area contributed by atoms with Gasteiger partial charge in [0.05, 0.1) is 6.10 Å². The lowest BCUT2D eigenvalue weighted by atomic mass is 9.78. The smallest absolute Gasteiger partial charge is 0.0589 e. The molecule has 0 aromatic rings. The lowest BCUT2D eigenvalue weighted by Gasteiger charge is -2.35. The molecule has 2 rings (SSSR count). The minimum Gasteiger partial charge on any atom is -0.393 e. The molecule has 13 heavy (non-hydrogen) atoms. The Kier molecular flexibility index (Phi) is 2.26. The molecular formula is C11H17NO. The Morgan fingerprint density at radius 1 is 1.31 bits per heavy atom. The van der Waals surface area contributed by atoms with Gasteiger partial charge in [-0.2, -0.15) is 0 Å². The molecule has 2 aliphatic rings. The highest BCUT2D eigenvalue weighted by molar-refractivity contribution is 5.22. The van der Waals surface area contributed by atoms with Crippen molar-refractivity contribution in [2.45, 2.75) is 37.3 Å². The van der Waals surface area contributed by atoms with Crippen LogP contribution in [0, 0.1) is 5.92 Å². The maximum absolute atomic E-state index is 9.77. The van der Waals surface area contributed by atoms with Crippen molar-refractivity contribution in [1.82, 2.24) is 0 Å². The van der Waals surface area contributed by atoms with Crippen molar-refractivity contribution >= 4 is 0 Å². The summed E-state index contributed by atoms with van der Waals surface area (Å²) in [5.41, 5.74) is 5.97. The largest absolute Gasteiger partial charge is 0.393 e. The monoisotopic (exact) mass is 179 g/mol. The maximum Gasteiger partial charge on any atom is 0.0589 e. The van der Waals surface area contributed by atoms with Gasteiger partial charge in [-0.3, -0.25) is 0 Å². The van der Waals surface area contributed by atoms with Crippen molar-refractivity contribution in [3.63, 3.8) is 0 Å². The van der Waals surface area contributed by atoms with Crippen LogP contribution in [0.5, 0.6) is 0 Å². The van der Waals surface area contributed by atoms with Crippen molar-refractivity contribution < 1.29 is 5.11 Å². The number of allylic oxidation sites excluding steroid dienone is 2. The summed E-state index contributed by atoms with van der Waals surface area (Å²) in [5.74, 6) is 0.258. The second-order valence-electron chi connectivity index (χ2n) is 4.21. The van der Waals surface area contributed by atoms with Crippen LogP contribution in [0.2, 0.25) is 0 Å². The zero-order valence-electron chi connectivity index (χ0n) is 7.82. The minimum atomic E-state index is -0.287. The molecule has 2 nitrogen and oxygen atoms in total. The van der Waals surface area contributed by atoms with Gasteiger partial charge in [0.1, 0.15) is 0 Å². The lowest BCUT2D eigenvalue weighted by Crippen LogP contribution is -2.48. The Labute approximate surface area is 79.1 Å². The lowest BCUT2D eigenvalue weighted by molar-refractivity contribution is 0.0991. The topological polar surface area (TPSA) is 46.2 Å². The molecule has 3 unspecified atom stereocenters. The second-order valence-corrected chi connectivity index (χ2v) is 4.21. The predicted octanol–water partition coefficient (Wildman–Crippen LogP) is 1.36. The van der Waals surface area contributed by atoms with E-state index in [1.165, 1.54) is 0 Å². The molecule has 2 heteroatoms. The molecule has 0 aromatic carbocycles. The Bertz CT molecular complexity index is 246. The third-order valence-corrected chi connectivity index (χ3v) is 3.29. The van der Waals surface area contributed by atoms with Gasteiger partial charge in [0.2, 0.25) is 0 Å². The average Bonchev–Trinajstić information content (AvgIpc) is 2.53. The summed E-state index contributed by atoms with van der Waals surface area (Å²) >= 11 is 0. The molecule has 2 aliphatic carbocycles. The van der Waals surface area contributed by atoms with Crippen LogP contribution < -0.4 is 5.73 Å². The zero-order valence-corrected chi connectivity index (χ0v) is 7.82. The SMILES string of the molecule is NC1(C2CCCC2O)C=CC=CC1. The van der Waals surface area contributed by atoms with Gasteiger partial charge in [-0.15, -0.1) is 0 Å². The van der Waals surface area contributed by atoms with Gasteiger partial charge in [0.15, 0.2) is 0 Å². The van der Waals surface area contributed by atoms with E-state index in [1.807, 2.05) is 18.2 Å². The standard InChI is InChI=1S/C11H17NO/c12-11(7-2-1-3-8-11)9-5-4-6-10(9)13/h1-3,7,9-10,13H,4-6,8,12H2. The summed E-state index contributed by atoms with van der Waals surface area (Å²) in [4.78, 5) is 0. The van der Waals surface area contributed by atoms with Crippen LogP contribution in [-0.4, -0.2) is 16.7 Å². The molecule has 0 spiro atoms. The van der Waals surface area contributed by atoms with Crippen molar-refractivity contribution in [3.8, 4) is 0 Å². The Balaban J connectivity index is 2.14. The van der Waals surface area contributed by atoms with Gasteiger partial charge < -0.3 is 10.8 Å². The van der Waals surface area contributed by atoms with E-state index in [4.69, 9.17) is 5.73 Å². The predicted molar refractivity (Wildman–Crippen MR) is 53.2 cm³/mol. The second kappa shape index (κ2) is 3.28. The fourth-order valence-electron chi connectivity index (χ4n) is 2.50. The van der Waals surface area contributed by atoms with E-state index in [2.05, 4.69) is 6.08 Å². The summed E-state index contributed by atoms with van der Waals surface area (Å²) in [6, 6.07) is 0. The molecule has 0 heterocycles. The number of hydrogen-bond donors (Lipinski definition) is 2. The van der Waals surface area contributed by atoms with Crippen LogP contribution >= 0.6 is 0 Å². The maximum atomic E-state index is 9.77. The highest BCUT2D eigenvalue weighted by Gasteiger charge is 2.39. The van der Waals surface area contributed by atoms with E-state index in [-0.39, 0.29) is 17.6 Å². The van der Waals surface area contributed by atoms with Crippen LogP contribution in [0.15, 0.2) is 24.3 Å². The molecule has 0 bridgehead atoms. The zero-order chi connectivity index (χ0) is 9.31. The number of nitrogens with two attached hydrogens (primary N) is 1. The average molecular weight is 179 g/mol. The van der Waals surface area contributed by atoms with Crippen molar-refractivity contribution in [3.05, 3.63) is 24.3 Å². The normalized spacial score (nSPS) is 44.2. The van der Waals surface area contributed by atoms with Gasteiger partial charge in [0.25, 0.3) is 0 Å². The van der Waals surface area contributed by atoms with Crippen LogP contribution in [0.25, 0.3) is 0 Å². The van der Waals surface area contributed by atoms with E-state index < -0.39 is 0 Å². The summed E-state index contributed by atoms with van der Waals surface area (Å²) in [5, 5.41) is 9.77. The van der Waals surface area contributed by atoms with E-state index in [9.17, 15) is 5.11 Å². The highest BCUT2D eigenvalue weighted by atomic mass is 16.3. The van der Waals surface area contributed by atoms with Crippen LogP contribution in [0.4, 0.5) is 0 Å². The first-order valence-electron chi connectivity index (χ1n) is 5.04. The molecular weight excluding hydrogens is 162 g/mol. The quantitative estimate of drug-likeness (QED) is 0.638. The molecule has 1 saturated carbocycles. The van der Waals surface area contributed by atoms with Gasteiger partial charge in [-0.1, -0.05) is 30.7 Å². The molecule has 0 saturated heterocycles. The molecule has 0 aromatic heterocycles.